The van der Waals surface area contributed by atoms with Crippen LogP contribution in [0.2, 0.25) is 5.02 Å². The van der Waals surface area contributed by atoms with Crippen molar-refractivity contribution in [3.63, 3.8) is 0 Å². The van der Waals surface area contributed by atoms with Gasteiger partial charge in [0.05, 0.1) is 12.6 Å². The molecule has 0 spiro atoms. The summed E-state index contributed by atoms with van der Waals surface area (Å²) in [5.41, 5.74) is 0.786. The molecule has 1 fully saturated rings. The summed E-state index contributed by atoms with van der Waals surface area (Å²) in [6.45, 7) is -2.04. The molecule has 1 atom stereocenters. The van der Waals surface area contributed by atoms with Gasteiger partial charge in [-0.1, -0.05) is 23.7 Å². The van der Waals surface area contributed by atoms with E-state index < -0.39 is 60.6 Å². The molecular formula is C28H28ClF3N8O6. The third-order valence-corrected chi connectivity index (χ3v) is 6.82. The van der Waals surface area contributed by atoms with E-state index >= 15 is 0 Å². The predicted molar refractivity (Wildman–Crippen MR) is 157 cm³/mol. The van der Waals surface area contributed by atoms with Gasteiger partial charge in [-0.2, -0.15) is 28.1 Å². The Morgan fingerprint density at radius 1 is 0.957 bits per heavy atom. The van der Waals surface area contributed by atoms with E-state index in [2.05, 4.69) is 46.3 Å². The number of hydrogen-bond donors (Lipinski definition) is 5. The normalized spacial score (nSPS) is 13.9. The molecule has 4 rings (SSSR count). The first-order chi connectivity index (χ1) is 21.8. The van der Waals surface area contributed by atoms with E-state index in [1.807, 2.05) is 12.1 Å². The molecule has 3 aromatic rings. The smallest absolute Gasteiger partial charge is 0.422 e. The van der Waals surface area contributed by atoms with Crippen LogP contribution in [0.25, 0.3) is 0 Å². The fourth-order valence-corrected chi connectivity index (χ4v) is 4.20. The van der Waals surface area contributed by atoms with E-state index in [1.54, 1.807) is 12.1 Å². The van der Waals surface area contributed by atoms with Gasteiger partial charge in [0, 0.05) is 29.9 Å². The molecule has 1 aliphatic carbocycles. The minimum absolute atomic E-state index is 0.0320. The average Bonchev–Trinajstić information content (AvgIpc) is 3.81. The highest BCUT2D eigenvalue weighted by Gasteiger charge is 2.45. The first-order valence-corrected chi connectivity index (χ1v) is 13.9. The number of nitrogens with one attached hydrogen (secondary N) is 5. The van der Waals surface area contributed by atoms with Crippen LogP contribution in [0.3, 0.4) is 0 Å². The van der Waals surface area contributed by atoms with Gasteiger partial charge in [-0.05, 0) is 54.8 Å². The lowest BCUT2D eigenvalue weighted by atomic mass is 10.1. The molecule has 2 aromatic carbocycles. The number of rotatable bonds is 12. The molecule has 1 aliphatic rings. The minimum Gasteiger partial charge on any atom is -0.467 e. The number of halogens is 4. The fourth-order valence-electron chi connectivity index (χ4n) is 4.07. The van der Waals surface area contributed by atoms with Crippen LogP contribution in [-0.4, -0.2) is 78.2 Å². The lowest BCUT2D eigenvalue weighted by molar-refractivity contribution is -0.154. The maximum Gasteiger partial charge on any atom is 0.422 e. The van der Waals surface area contributed by atoms with Crippen LogP contribution >= 0.6 is 11.6 Å². The van der Waals surface area contributed by atoms with Crippen LogP contribution < -0.4 is 31.3 Å². The van der Waals surface area contributed by atoms with Crippen LogP contribution in [0.1, 0.15) is 28.8 Å². The summed E-state index contributed by atoms with van der Waals surface area (Å²) in [7, 11) is 2.34. The van der Waals surface area contributed by atoms with Gasteiger partial charge in [-0.25, -0.2) is 4.79 Å². The lowest BCUT2D eigenvalue weighted by Crippen LogP contribution is -2.51. The van der Waals surface area contributed by atoms with Crippen molar-refractivity contribution in [3.8, 4) is 6.01 Å². The second kappa shape index (κ2) is 14.3. The fraction of sp³-hybridized carbons (Fsp3) is 0.321. The monoisotopic (exact) mass is 664 g/mol. The largest absolute Gasteiger partial charge is 0.467 e. The van der Waals surface area contributed by atoms with Crippen molar-refractivity contribution in [2.24, 2.45) is 0 Å². The molecule has 244 valence electrons. The first kappa shape index (κ1) is 33.7. The first-order valence-electron chi connectivity index (χ1n) is 13.6. The number of carbonyl (C=O) groups excluding carboxylic acids is 4. The maximum absolute atomic E-state index is 12.9. The second-order valence-electron chi connectivity index (χ2n) is 9.92. The Labute approximate surface area is 264 Å². The van der Waals surface area contributed by atoms with Gasteiger partial charge in [0.1, 0.15) is 6.04 Å². The highest BCUT2D eigenvalue weighted by atomic mass is 35.5. The van der Waals surface area contributed by atoms with Gasteiger partial charge in [0.2, 0.25) is 11.9 Å². The van der Waals surface area contributed by atoms with Gasteiger partial charge in [-0.3, -0.25) is 14.4 Å². The lowest BCUT2D eigenvalue weighted by Gasteiger charge is -2.19. The molecule has 1 saturated carbocycles. The van der Waals surface area contributed by atoms with E-state index in [0.717, 1.165) is 12.7 Å². The number of hydrogen-bond acceptors (Lipinski definition) is 11. The van der Waals surface area contributed by atoms with Gasteiger partial charge < -0.3 is 36.1 Å². The van der Waals surface area contributed by atoms with E-state index in [4.69, 9.17) is 16.3 Å². The number of esters is 1. The standard InChI is InChI=1S/C28H28ClF3N8O6/c1-33-21(42)22(43)34-13-19(23(44)45-2)36-20(41)15-3-9-18(10-4-15)35-24-37-25(39-26(38-24)46-14-28(30,31)32)40-27(11-12-27)16-5-7-17(29)8-6-16/h3-10,19H,11-14H2,1-2H3,(H,33,42)(H,34,43)(H,36,41)(H2,35,37,38,39,40)/t19-/m0/s1. The zero-order valence-corrected chi connectivity index (χ0v) is 25.1. The van der Waals surface area contributed by atoms with Crippen molar-refractivity contribution in [1.29, 1.82) is 0 Å². The van der Waals surface area contributed by atoms with Crippen LogP contribution in [0, 0.1) is 0 Å². The number of likely N-dealkylation sites (N-methyl/N-ethyl adjacent to an activating group) is 1. The van der Waals surface area contributed by atoms with Crippen molar-refractivity contribution in [1.82, 2.24) is 30.9 Å². The van der Waals surface area contributed by atoms with Crippen molar-refractivity contribution in [3.05, 3.63) is 64.7 Å². The Morgan fingerprint density at radius 2 is 1.61 bits per heavy atom. The van der Waals surface area contributed by atoms with Gasteiger partial charge in [0.15, 0.2) is 6.61 Å². The number of carbonyl (C=O) groups is 4. The average molecular weight is 665 g/mol. The summed E-state index contributed by atoms with van der Waals surface area (Å²) in [6.07, 6.45) is -3.21. The van der Waals surface area contributed by atoms with E-state index in [0.29, 0.717) is 23.6 Å². The summed E-state index contributed by atoms with van der Waals surface area (Å²) >= 11 is 6.00. The highest BCUT2D eigenvalue weighted by molar-refractivity contribution is 6.35. The van der Waals surface area contributed by atoms with Gasteiger partial charge in [-0.15, -0.1) is 0 Å². The minimum atomic E-state index is -4.63. The van der Waals surface area contributed by atoms with Crippen LogP contribution in [0.5, 0.6) is 6.01 Å². The Balaban J connectivity index is 1.48. The molecule has 18 heteroatoms. The predicted octanol–water partition coefficient (Wildman–Crippen LogP) is 2.44. The number of benzene rings is 2. The third-order valence-electron chi connectivity index (χ3n) is 6.57. The molecule has 5 N–H and O–H groups in total. The topological polar surface area (TPSA) is 186 Å². The maximum atomic E-state index is 12.9. The highest BCUT2D eigenvalue weighted by Crippen LogP contribution is 2.48. The summed E-state index contributed by atoms with van der Waals surface area (Å²) < 4.78 is 48.0. The summed E-state index contributed by atoms with van der Waals surface area (Å²) in [4.78, 5) is 60.3. The van der Waals surface area contributed by atoms with Crippen molar-refractivity contribution in [2.75, 3.05) is 37.9 Å². The van der Waals surface area contributed by atoms with Gasteiger partial charge >= 0.3 is 30.0 Å². The van der Waals surface area contributed by atoms with Crippen LogP contribution in [0.4, 0.5) is 30.8 Å². The Hall–Kier alpha value is -5.19. The molecule has 0 radical (unpaired) electrons. The Morgan fingerprint density at radius 3 is 2.20 bits per heavy atom. The number of ether oxygens (including phenoxy) is 2. The van der Waals surface area contributed by atoms with Crippen molar-refractivity contribution in [2.45, 2.75) is 30.6 Å². The molecular weight excluding hydrogens is 637 g/mol. The van der Waals surface area contributed by atoms with Gasteiger partial charge in [0.25, 0.3) is 5.91 Å². The number of alkyl halides is 3. The molecule has 1 aromatic heterocycles. The number of aromatic nitrogens is 3. The Kier molecular flexibility index (Phi) is 10.5. The van der Waals surface area contributed by atoms with Crippen molar-refractivity contribution < 1.29 is 41.8 Å². The SMILES string of the molecule is CNC(=O)C(=O)NC[C@H](NC(=O)c1ccc(Nc2nc(NC3(c4ccc(Cl)cc4)CC3)nc(OCC(F)(F)F)n2)cc1)C(=O)OC. The summed E-state index contributed by atoms with van der Waals surface area (Å²) in [5, 5.41) is 13.3. The van der Waals surface area contributed by atoms with Crippen molar-refractivity contribution >= 4 is 52.9 Å². The molecule has 0 saturated heterocycles. The number of nitrogens with zero attached hydrogens (tertiary/aromatic N) is 3. The number of amides is 3. The zero-order chi connectivity index (χ0) is 33.5. The number of methoxy groups -OCH3 is 1. The number of anilines is 3. The summed E-state index contributed by atoms with van der Waals surface area (Å²) in [5.74, 6) is -3.70. The van der Waals surface area contributed by atoms with E-state index in [1.165, 1.54) is 31.3 Å². The zero-order valence-electron chi connectivity index (χ0n) is 24.3. The van der Waals surface area contributed by atoms with Crippen LogP contribution in [-0.2, 0) is 24.7 Å². The Bertz CT molecular complexity index is 1590. The second-order valence-corrected chi connectivity index (χ2v) is 10.4. The molecule has 0 aliphatic heterocycles. The molecule has 0 bridgehead atoms. The molecule has 14 nitrogen and oxygen atoms in total. The summed E-state index contributed by atoms with van der Waals surface area (Å²) in [6, 6.07) is 10.9. The molecule has 1 heterocycles. The molecule has 46 heavy (non-hydrogen) atoms. The quantitative estimate of drug-likeness (QED) is 0.141. The third kappa shape index (κ3) is 9.16. The van der Waals surface area contributed by atoms with E-state index in [-0.39, 0.29) is 17.5 Å². The molecule has 0 unspecified atom stereocenters. The molecule has 3 amide bonds. The van der Waals surface area contributed by atoms with E-state index in [9.17, 15) is 32.3 Å². The van der Waals surface area contributed by atoms with Crippen LogP contribution in [0.15, 0.2) is 48.5 Å².